The maximum absolute atomic E-state index is 4.30. The van der Waals surface area contributed by atoms with Gasteiger partial charge in [0.2, 0.25) is 0 Å². The van der Waals surface area contributed by atoms with Crippen molar-refractivity contribution in [3.05, 3.63) is 0 Å². The topological polar surface area (TPSA) is 36.4 Å². The average Bonchev–Trinajstić information content (AvgIpc) is 2.81. The van der Waals surface area contributed by atoms with Crippen LogP contribution in [0.25, 0.3) is 0 Å². The van der Waals surface area contributed by atoms with Crippen molar-refractivity contribution in [1.82, 2.24) is 10.6 Å². The molecule has 1 aliphatic rings. The van der Waals surface area contributed by atoms with Gasteiger partial charge in [-0.3, -0.25) is 4.99 Å². The summed E-state index contributed by atoms with van der Waals surface area (Å²) in [6, 6.07) is 0.612. The van der Waals surface area contributed by atoms with Crippen LogP contribution in [0.3, 0.4) is 0 Å². The smallest absolute Gasteiger partial charge is 0.191 e. The van der Waals surface area contributed by atoms with Crippen molar-refractivity contribution in [3.8, 4) is 0 Å². The van der Waals surface area contributed by atoms with Crippen molar-refractivity contribution in [1.29, 1.82) is 0 Å². The Morgan fingerprint density at radius 2 is 2.22 bits per heavy atom. The Kier molecular flexibility index (Phi) is 8.76. The van der Waals surface area contributed by atoms with E-state index < -0.39 is 0 Å². The molecule has 0 aromatic heterocycles. The molecule has 0 radical (unpaired) electrons. The van der Waals surface area contributed by atoms with E-state index in [9.17, 15) is 0 Å². The quantitative estimate of drug-likeness (QED) is 0.429. The molecule has 106 valence electrons. The molecule has 5 heteroatoms. The fourth-order valence-electron chi connectivity index (χ4n) is 2.27. The summed E-state index contributed by atoms with van der Waals surface area (Å²) < 4.78 is 0. The van der Waals surface area contributed by atoms with Gasteiger partial charge in [-0.25, -0.2) is 0 Å². The molecule has 1 saturated carbocycles. The molecule has 0 amide bonds. The van der Waals surface area contributed by atoms with Crippen LogP contribution in [0, 0.1) is 0 Å². The van der Waals surface area contributed by atoms with Crippen LogP contribution in [0.5, 0.6) is 0 Å². The number of nitrogens with one attached hydrogen (secondary N) is 2. The first-order valence-corrected chi connectivity index (χ1v) is 9.32. The molecule has 1 rings (SSSR count). The van der Waals surface area contributed by atoms with Crippen LogP contribution in [0.15, 0.2) is 4.99 Å². The molecule has 0 saturated heterocycles. The van der Waals surface area contributed by atoms with Gasteiger partial charge in [-0.2, -0.15) is 23.5 Å². The Labute approximate surface area is 120 Å². The minimum Gasteiger partial charge on any atom is -0.356 e. The summed E-state index contributed by atoms with van der Waals surface area (Å²) in [5.41, 5.74) is 0. The summed E-state index contributed by atoms with van der Waals surface area (Å²) in [6.45, 7) is 3.26. The van der Waals surface area contributed by atoms with Gasteiger partial charge in [0.15, 0.2) is 5.96 Å². The maximum atomic E-state index is 4.30. The lowest BCUT2D eigenvalue weighted by atomic mass is 10.2. The number of rotatable bonds is 7. The first-order chi connectivity index (χ1) is 8.80. The third kappa shape index (κ3) is 6.23. The molecule has 2 N–H and O–H groups in total. The second kappa shape index (κ2) is 9.84. The van der Waals surface area contributed by atoms with Crippen molar-refractivity contribution >= 4 is 29.5 Å². The van der Waals surface area contributed by atoms with Crippen molar-refractivity contribution in [3.63, 3.8) is 0 Å². The van der Waals surface area contributed by atoms with E-state index in [0.717, 1.165) is 17.8 Å². The van der Waals surface area contributed by atoms with Gasteiger partial charge in [-0.05, 0) is 43.4 Å². The number of guanidine groups is 1. The summed E-state index contributed by atoms with van der Waals surface area (Å²) in [4.78, 5) is 4.30. The van der Waals surface area contributed by atoms with E-state index in [1.54, 1.807) is 0 Å². The average molecular weight is 290 g/mol. The zero-order chi connectivity index (χ0) is 13.2. The molecule has 0 aliphatic heterocycles. The third-order valence-corrected chi connectivity index (χ3v) is 5.10. The maximum Gasteiger partial charge on any atom is 0.191 e. The normalized spacial score (nSPS) is 24.3. The molecule has 3 nitrogen and oxygen atoms in total. The van der Waals surface area contributed by atoms with E-state index in [-0.39, 0.29) is 0 Å². The summed E-state index contributed by atoms with van der Waals surface area (Å²) in [5.74, 6) is 3.42. The summed E-state index contributed by atoms with van der Waals surface area (Å²) in [5, 5.41) is 7.80. The van der Waals surface area contributed by atoms with E-state index in [0.29, 0.717) is 6.04 Å². The zero-order valence-electron chi connectivity index (χ0n) is 11.9. The molecule has 2 unspecified atom stereocenters. The predicted octanol–water partition coefficient (Wildman–Crippen LogP) is 2.58. The first kappa shape index (κ1) is 16.0. The van der Waals surface area contributed by atoms with Gasteiger partial charge in [0, 0.05) is 24.9 Å². The second-order valence-corrected chi connectivity index (χ2v) is 7.14. The first-order valence-electron chi connectivity index (χ1n) is 6.87. The van der Waals surface area contributed by atoms with Crippen LogP contribution >= 0.6 is 23.5 Å². The largest absolute Gasteiger partial charge is 0.356 e. The minimum atomic E-state index is 0.612. The number of thioether (sulfide) groups is 2. The summed E-state index contributed by atoms with van der Waals surface area (Å²) in [6.07, 6.45) is 7.25. The Morgan fingerprint density at radius 3 is 2.89 bits per heavy atom. The van der Waals surface area contributed by atoms with Crippen molar-refractivity contribution in [2.75, 3.05) is 31.4 Å². The number of aliphatic imine (C=N–C) groups is 1. The highest BCUT2D eigenvalue weighted by Gasteiger charge is 2.24. The molecule has 1 fully saturated rings. The van der Waals surface area contributed by atoms with E-state index in [4.69, 9.17) is 0 Å². The van der Waals surface area contributed by atoms with Crippen molar-refractivity contribution < 1.29 is 0 Å². The molecule has 18 heavy (non-hydrogen) atoms. The fourth-order valence-corrected chi connectivity index (χ4v) is 3.85. The van der Waals surface area contributed by atoms with Crippen molar-refractivity contribution in [2.45, 2.75) is 43.9 Å². The van der Waals surface area contributed by atoms with E-state index in [1.807, 2.05) is 18.8 Å². The highest BCUT2D eigenvalue weighted by molar-refractivity contribution is 7.99. The summed E-state index contributed by atoms with van der Waals surface area (Å²) >= 11 is 4.00. The Morgan fingerprint density at radius 1 is 1.39 bits per heavy atom. The number of hydrogen-bond donors (Lipinski definition) is 2. The second-order valence-electron chi connectivity index (χ2n) is 4.58. The number of hydrogen-bond acceptors (Lipinski definition) is 3. The molecule has 1 aliphatic carbocycles. The fraction of sp³-hybridized carbons (Fsp3) is 0.923. The van der Waals surface area contributed by atoms with Crippen LogP contribution < -0.4 is 10.6 Å². The monoisotopic (exact) mass is 289 g/mol. The lowest BCUT2D eigenvalue weighted by Crippen LogP contribution is -2.43. The van der Waals surface area contributed by atoms with Gasteiger partial charge in [0.05, 0.1) is 0 Å². The zero-order valence-corrected chi connectivity index (χ0v) is 13.5. The van der Waals surface area contributed by atoms with Gasteiger partial charge in [0.25, 0.3) is 0 Å². The SMILES string of the molecule is CCSC1CCC(NC(=NC)NCCCSC)C1. The van der Waals surface area contributed by atoms with Crippen LogP contribution in [-0.4, -0.2) is 48.6 Å². The highest BCUT2D eigenvalue weighted by Crippen LogP contribution is 2.29. The third-order valence-electron chi connectivity index (χ3n) is 3.17. The van der Waals surface area contributed by atoms with Gasteiger partial charge in [-0.1, -0.05) is 6.92 Å². The van der Waals surface area contributed by atoms with Gasteiger partial charge < -0.3 is 10.6 Å². The minimum absolute atomic E-state index is 0.612. The summed E-state index contributed by atoms with van der Waals surface area (Å²) in [7, 11) is 1.86. The molecule has 0 heterocycles. The Hall–Kier alpha value is -0.0300. The molecule has 2 atom stereocenters. The molecule has 0 spiro atoms. The Balaban J connectivity index is 2.19. The van der Waals surface area contributed by atoms with Gasteiger partial charge in [-0.15, -0.1) is 0 Å². The molecule has 0 aromatic carbocycles. The van der Waals surface area contributed by atoms with E-state index >= 15 is 0 Å². The van der Waals surface area contributed by atoms with Crippen LogP contribution in [0.1, 0.15) is 32.6 Å². The lowest BCUT2D eigenvalue weighted by Gasteiger charge is -2.17. The van der Waals surface area contributed by atoms with Gasteiger partial charge >= 0.3 is 0 Å². The standard InChI is InChI=1S/C13H27N3S2/c1-4-18-12-7-6-11(10-12)16-13(14-2)15-8-5-9-17-3/h11-12H,4-10H2,1-3H3,(H2,14,15,16). The molecule has 0 bridgehead atoms. The molecular weight excluding hydrogens is 262 g/mol. The highest BCUT2D eigenvalue weighted by atomic mass is 32.2. The van der Waals surface area contributed by atoms with Gasteiger partial charge in [0.1, 0.15) is 0 Å². The lowest BCUT2D eigenvalue weighted by molar-refractivity contribution is 0.614. The van der Waals surface area contributed by atoms with E-state index in [2.05, 4.69) is 40.6 Å². The molecular formula is C13H27N3S2. The molecule has 0 aromatic rings. The van der Waals surface area contributed by atoms with Crippen LogP contribution in [0.4, 0.5) is 0 Å². The van der Waals surface area contributed by atoms with Crippen LogP contribution in [-0.2, 0) is 0 Å². The van der Waals surface area contributed by atoms with Crippen molar-refractivity contribution in [2.24, 2.45) is 4.99 Å². The van der Waals surface area contributed by atoms with Crippen LogP contribution in [0.2, 0.25) is 0 Å². The number of nitrogens with zero attached hydrogens (tertiary/aromatic N) is 1. The predicted molar refractivity (Wildman–Crippen MR) is 87.1 cm³/mol. The van der Waals surface area contributed by atoms with E-state index in [1.165, 1.54) is 37.2 Å². The Bertz CT molecular complexity index is 246.